The summed E-state index contributed by atoms with van der Waals surface area (Å²) in [5, 5.41) is 0. The summed E-state index contributed by atoms with van der Waals surface area (Å²) < 4.78 is 0. The minimum absolute atomic E-state index is 0.375. The van der Waals surface area contributed by atoms with Crippen molar-refractivity contribution in [3.8, 4) is 0 Å². The first kappa shape index (κ1) is 12.2. The Kier molecular flexibility index (Phi) is 2.45. The zero-order valence-corrected chi connectivity index (χ0v) is 12.0. The zero-order valence-electron chi connectivity index (χ0n) is 12.0. The average Bonchev–Trinajstić information content (AvgIpc) is 3.16. The van der Waals surface area contributed by atoms with E-state index < -0.39 is 0 Å². The van der Waals surface area contributed by atoms with Gasteiger partial charge in [-0.05, 0) is 40.6 Å². The first-order valence-corrected chi connectivity index (χ1v) is 7.18. The molecular formula is C17H25N. The van der Waals surface area contributed by atoms with Crippen LogP contribution in [-0.4, -0.2) is 6.04 Å². The predicted octanol–water partition coefficient (Wildman–Crippen LogP) is 3.80. The molecule has 18 heavy (non-hydrogen) atoms. The highest BCUT2D eigenvalue weighted by Crippen LogP contribution is 2.72. The van der Waals surface area contributed by atoms with Crippen LogP contribution in [0.5, 0.6) is 0 Å². The normalized spacial score (nSPS) is 34.1. The number of rotatable bonds is 3. The molecule has 2 fully saturated rings. The van der Waals surface area contributed by atoms with E-state index in [9.17, 15) is 0 Å². The van der Waals surface area contributed by atoms with E-state index in [0.717, 1.165) is 0 Å². The Morgan fingerprint density at radius 1 is 1.06 bits per heavy atom. The maximum absolute atomic E-state index is 6.56. The first-order chi connectivity index (χ1) is 8.37. The second-order valence-corrected chi connectivity index (χ2v) is 7.42. The van der Waals surface area contributed by atoms with Gasteiger partial charge in [0, 0.05) is 6.04 Å². The van der Waals surface area contributed by atoms with E-state index >= 15 is 0 Å². The number of nitrogens with two attached hydrogens (primary N) is 1. The van der Waals surface area contributed by atoms with Gasteiger partial charge in [0.05, 0.1) is 0 Å². The molecule has 0 radical (unpaired) electrons. The molecule has 2 aliphatic carbocycles. The van der Waals surface area contributed by atoms with Crippen molar-refractivity contribution in [2.45, 2.75) is 46.1 Å². The maximum Gasteiger partial charge on any atom is 0.0112 e. The van der Waals surface area contributed by atoms with Crippen molar-refractivity contribution < 1.29 is 0 Å². The molecule has 1 aromatic rings. The average molecular weight is 243 g/mol. The molecule has 98 valence electrons. The van der Waals surface area contributed by atoms with E-state index in [1.54, 1.807) is 0 Å². The monoisotopic (exact) mass is 243 g/mol. The van der Waals surface area contributed by atoms with Crippen molar-refractivity contribution in [3.05, 3.63) is 35.9 Å². The lowest BCUT2D eigenvalue weighted by atomic mass is 9.97. The van der Waals surface area contributed by atoms with Crippen molar-refractivity contribution >= 4 is 0 Å². The molecule has 0 bridgehead atoms. The van der Waals surface area contributed by atoms with Crippen LogP contribution >= 0.6 is 0 Å². The molecule has 3 unspecified atom stereocenters. The molecule has 0 aliphatic heterocycles. The van der Waals surface area contributed by atoms with Crippen LogP contribution in [0.2, 0.25) is 0 Å². The van der Waals surface area contributed by atoms with Gasteiger partial charge >= 0.3 is 0 Å². The third kappa shape index (κ3) is 1.56. The van der Waals surface area contributed by atoms with Gasteiger partial charge in [0.1, 0.15) is 0 Å². The molecule has 0 amide bonds. The quantitative estimate of drug-likeness (QED) is 0.858. The molecular weight excluding hydrogens is 218 g/mol. The van der Waals surface area contributed by atoms with E-state index in [4.69, 9.17) is 5.73 Å². The van der Waals surface area contributed by atoms with Crippen LogP contribution in [0.3, 0.4) is 0 Å². The van der Waals surface area contributed by atoms with Crippen molar-refractivity contribution in [3.63, 3.8) is 0 Å². The standard InChI is InChI=1S/C17H25N/c1-16(2)15(17(16,3)4)14(18)13-10-12(13)11-8-6-5-7-9-11/h5-9,12-15H,10,18H2,1-4H3. The van der Waals surface area contributed by atoms with Gasteiger partial charge in [-0.15, -0.1) is 0 Å². The summed E-state index contributed by atoms with van der Waals surface area (Å²) in [5.41, 5.74) is 8.87. The summed E-state index contributed by atoms with van der Waals surface area (Å²) in [4.78, 5) is 0. The second kappa shape index (κ2) is 3.60. The largest absolute Gasteiger partial charge is 0.327 e. The number of hydrogen-bond donors (Lipinski definition) is 1. The van der Waals surface area contributed by atoms with Gasteiger partial charge < -0.3 is 5.73 Å². The summed E-state index contributed by atoms with van der Waals surface area (Å²) in [6.45, 7) is 9.49. The number of benzene rings is 1. The van der Waals surface area contributed by atoms with Gasteiger partial charge in [-0.25, -0.2) is 0 Å². The molecule has 2 N–H and O–H groups in total. The Morgan fingerprint density at radius 3 is 2.11 bits per heavy atom. The van der Waals surface area contributed by atoms with Gasteiger partial charge in [-0.3, -0.25) is 0 Å². The fourth-order valence-electron chi connectivity index (χ4n) is 4.18. The highest BCUT2D eigenvalue weighted by atomic mass is 14.8. The fourth-order valence-corrected chi connectivity index (χ4v) is 4.18. The first-order valence-electron chi connectivity index (χ1n) is 7.18. The molecule has 0 aromatic heterocycles. The molecule has 0 spiro atoms. The van der Waals surface area contributed by atoms with Crippen molar-refractivity contribution in [1.82, 2.24) is 0 Å². The Labute approximate surface area is 111 Å². The maximum atomic E-state index is 6.56. The Morgan fingerprint density at radius 2 is 1.61 bits per heavy atom. The predicted molar refractivity (Wildman–Crippen MR) is 76.3 cm³/mol. The molecule has 3 rings (SSSR count). The van der Waals surface area contributed by atoms with Crippen molar-refractivity contribution in [1.29, 1.82) is 0 Å². The van der Waals surface area contributed by atoms with Gasteiger partial charge in [-0.1, -0.05) is 58.0 Å². The smallest absolute Gasteiger partial charge is 0.0112 e. The van der Waals surface area contributed by atoms with Gasteiger partial charge in [0.25, 0.3) is 0 Å². The lowest BCUT2D eigenvalue weighted by Gasteiger charge is -2.14. The van der Waals surface area contributed by atoms with Gasteiger partial charge in [-0.2, -0.15) is 0 Å². The topological polar surface area (TPSA) is 26.0 Å². The van der Waals surface area contributed by atoms with Crippen LogP contribution in [0.1, 0.15) is 45.6 Å². The third-order valence-electron chi connectivity index (χ3n) is 6.08. The SMILES string of the molecule is CC1(C)C(C(N)C2CC2c2ccccc2)C1(C)C. The minimum atomic E-state index is 0.375. The highest BCUT2D eigenvalue weighted by molar-refractivity contribution is 5.29. The molecule has 2 aliphatic rings. The van der Waals surface area contributed by atoms with E-state index in [-0.39, 0.29) is 0 Å². The lowest BCUT2D eigenvalue weighted by molar-refractivity contribution is 0.435. The van der Waals surface area contributed by atoms with Crippen LogP contribution in [0.25, 0.3) is 0 Å². The van der Waals surface area contributed by atoms with Gasteiger partial charge in [0.15, 0.2) is 0 Å². The van der Waals surface area contributed by atoms with Crippen LogP contribution in [0.15, 0.2) is 30.3 Å². The molecule has 1 heteroatoms. The minimum Gasteiger partial charge on any atom is -0.327 e. The summed E-state index contributed by atoms with van der Waals surface area (Å²) in [7, 11) is 0. The summed E-state index contributed by atoms with van der Waals surface area (Å²) >= 11 is 0. The van der Waals surface area contributed by atoms with E-state index in [2.05, 4.69) is 58.0 Å². The van der Waals surface area contributed by atoms with Crippen molar-refractivity contribution in [2.75, 3.05) is 0 Å². The van der Waals surface area contributed by atoms with Gasteiger partial charge in [0.2, 0.25) is 0 Å². The lowest BCUT2D eigenvalue weighted by Crippen LogP contribution is -2.28. The molecule has 3 atom stereocenters. The van der Waals surface area contributed by atoms with E-state index in [1.807, 2.05) is 0 Å². The van der Waals surface area contributed by atoms with Crippen LogP contribution in [0.4, 0.5) is 0 Å². The Bertz CT molecular complexity index is 432. The highest BCUT2D eigenvalue weighted by Gasteiger charge is 2.68. The Hall–Kier alpha value is -0.820. The zero-order chi connectivity index (χ0) is 13.1. The summed E-state index contributed by atoms with van der Waals surface area (Å²) in [5.74, 6) is 2.11. The molecule has 1 aromatic carbocycles. The third-order valence-corrected chi connectivity index (χ3v) is 6.08. The number of hydrogen-bond acceptors (Lipinski definition) is 1. The molecule has 0 saturated heterocycles. The fraction of sp³-hybridized carbons (Fsp3) is 0.647. The van der Waals surface area contributed by atoms with Crippen LogP contribution < -0.4 is 5.73 Å². The van der Waals surface area contributed by atoms with Crippen molar-refractivity contribution in [2.24, 2.45) is 28.4 Å². The van der Waals surface area contributed by atoms with E-state index in [1.165, 1.54) is 12.0 Å². The molecule has 2 saturated carbocycles. The summed E-state index contributed by atoms with van der Waals surface area (Å²) in [6, 6.07) is 11.2. The summed E-state index contributed by atoms with van der Waals surface area (Å²) in [6.07, 6.45) is 1.29. The van der Waals surface area contributed by atoms with Crippen LogP contribution in [-0.2, 0) is 0 Å². The molecule has 1 nitrogen and oxygen atoms in total. The second-order valence-electron chi connectivity index (χ2n) is 7.42. The molecule has 0 heterocycles. The van der Waals surface area contributed by atoms with Crippen LogP contribution in [0, 0.1) is 22.7 Å². The van der Waals surface area contributed by atoms with E-state index in [0.29, 0.717) is 34.6 Å². The Balaban J connectivity index is 1.70.